The van der Waals surface area contributed by atoms with Crippen LogP contribution in [0.4, 0.5) is 0 Å². The highest BCUT2D eigenvalue weighted by Gasteiger charge is 2.47. The number of nitrogens with zero attached hydrogens (tertiary/aromatic N) is 2. The zero-order valence-electron chi connectivity index (χ0n) is 18.6. The first-order valence-corrected chi connectivity index (χ1v) is 11.3. The molecule has 32 heavy (non-hydrogen) atoms. The molecule has 1 saturated heterocycles. The van der Waals surface area contributed by atoms with Crippen LogP contribution in [0.5, 0.6) is 0 Å². The van der Waals surface area contributed by atoms with Crippen LogP contribution < -0.4 is 5.32 Å². The highest BCUT2D eigenvalue weighted by molar-refractivity contribution is 6.01. The Kier molecular flexibility index (Phi) is 7.02. The van der Waals surface area contributed by atoms with Gasteiger partial charge in [-0.15, -0.1) is 0 Å². The van der Waals surface area contributed by atoms with Crippen molar-refractivity contribution in [2.45, 2.75) is 24.9 Å². The summed E-state index contributed by atoms with van der Waals surface area (Å²) in [7, 11) is 0. The maximum absolute atomic E-state index is 13.6. The lowest BCUT2D eigenvalue weighted by atomic mass is 9.98. The lowest BCUT2D eigenvalue weighted by molar-refractivity contribution is -0.128. The molecule has 168 valence electrons. The highest BCUT2D eigenvalue weighted by atomic mass is 16.5. The molecule has 2 aliphatic heterocycles. The Labute approximate surface area is 189 Å². The van der Waals surface area contributed by atoms with Crippen LogP contribution in [-0.4, -0.2) is 72.6 Å². The van der Waals surface area contributed by atoms with E-state index in [1.807, 2.05) is 55.5 Å². The maximum atomic E-state index is 13.6. The van der Waals surface area contributed by atoms with Gasteiger partial charge in [0.15, 0.2) is 0 Å². The van der Waals surface area contributed by atoms with Crippen LogP contribution in [0.25, 0.3) is 0 Å². The van der Waals surface area contributed by atoms with Gasteiger partial charge in [-0.25, -0.2) is 0 Å². The normalized spacial score (nSPS) is 23.3. The summed E-state index contributed by atoms with van der Waals surface area (Å²) in [5.74, 6) is -0.288. The van der Waals surface area contributed by atoms with E-state index in [4.69, 9.17) is 4.74 Å². The minimum Gasteiger partial charge on any atom is -0.379 e. The van der Waals surface area contributed by atoms with E-state index in [2.05, 4.69) is 22.3 Å². The molecule has 4 rings (SSSR count). The minimum absolute atomic E-state index is 0.137. The van der Waals surface area contributed by atoms with Crippen LogP contribution in [0.15, 0.2) is 72.8 Å². The number of benzene rings is 2. The van der Waals surface area contributed by atoms with E-state index >= 15 is 0 Å². The quantitative estimate of drug-likeness (QED) is 0.682. The van der Waals surface area contributed by atoms with Crippen molar-refractivity contribution in [1.29, 1.82) is 0 Å². The van der Waals surface area contributed by atoms with Crippen LogP contribution in [0, 0.1) is 0 Å². The summed E-state index contributed by atoms with van der Waals surface area (Å²) in [6, 6.07) is 19.1. The summed E-state index contributed by atoms with van der Waals surface area (Å²) >= 11 is 0. The number of morpholine rings is 1. The van der Waals surface area contributed by atoms with Crippen molar-refractivity contribution in [2.75, 3.05) is 39.4 Å². The van der Waals surface area contributed by atoms with Gasteiger partial charge in [0.05, 0.1) is 19.3 Å². The van der Waals surface area contributed by atoms with Crippen LogP contribution in [0.3, 0.4) is 0 Å². The Bertz CT molecular complexity index is 941. The Balaban J connectivity index is 1.51. The van der Waals surface area contributed by atoms with E-state index in [0.717, 1.165) is 38.4 Å². The zero-order valence-corrected chi connectivity index (χ0v) is 18.6. The molecular formula is C26H31N3O3. The van der Waals surface area contributed by atoms with Gasteiger partial charge in [-0.3, -0.25) is 14.5 Å². The molecule has 0 aromatic heterocycles. The van der Waals surface area contributed by atoms with E-state index in [9.17, 15) is 9.59 Å². The number of ether oxygens (including phenoxy) is 1. The Hall–Kier alpha value is -2.96. The van der Waals surface area contributed by atoms with Gasteiger partial charge in [0.2, 0.25) is 5.91 Å². The molecule has 6 heteroatoms. The molecular weight excluding hydrogens is 402 g/mol. The third-order valence-electron chi connectivity index (χ3n) is 6.28. The molecule has 0 radical (unpaired) electrons. The first kappa shape index (κ1) is 22.2. The average molecular weight is 434 g/mol. The minimum atomic E-state index is -1.04. The predicted octanol–water partition coefficient (Wildman–Crippen LogP) is 2.52. The molecule has 2 aromatic carbocycles. The van der Waals surface area contributed by atoms with Crippen LogP contribution in [0.2, 0.25) is 0 Å². The summed E-state index contributed by atoms with van der Waals surface area (Å²) in [6.45, 7) is 6.37. The number of nitrogens with one attached hydrogen (secondary N) is 1. The molecule has 0 spiro atoms. The van der Waals surface area contributed by atoms with E-state index in [1.54, 1.807) is 17.0 Å². The molecule has 6 nitrogen and oxygen atoms in total. The van der Waals surface area contributed by atoms with Crippen LogP contribution in [-0.2, 0) is 16.0 Å². The van der Waals surface area contributed by atoms with E-state index in [1.165, 1.54) is 0 Å². The van der Waals surface area contributed by atoms with Gasteiger partial charge in [0.1, 0.15) is 5.54 Å². The summed E-state index contributed by atoms with van der Waals surface area (Å²) in [6.07, 6.45) is 4.54. The average Bonchev–Trinajstić information content (AvgIpc) is 3.17. The van der Waals surface area contributed by atoms with Crippen molar-refractivity contribution in [3.05, 3.63) is 83.9 Å². The van der Waals surface area contributed by atoms with Crippen molar-refractivity contribution in [1.82, 2.24) is 15.1 Å². The summed E-state index contributed by atoms with van der Waals surface area (Å²) in [5.41, 5.74) is 0.670. The Morgan fingerprint density at radius 1 is 1.03 bits per heavy atom. The summed E-state index contributed by atoms with van der Waals surface area (Å²) in [4.78, 5) is 30.9. The maximum Gasteiger partial charge on any atom is 0.255 e. The number of carbonyl (C=O) groups excluding carboxylic acids is 2. The van der Waals surface area contributed by atoms with E-state index in [-0.39, 0.29) is 17.9 Å². The number of hydrogen-bond acceptors (Lipinski definition) is 4. The molecule has 2 amide bonds. The lowest BCUT2D eigenvalue weighted by Gasteiger charge is -2.38. The molecule has 1 fully saturated rings. The van der Waals surface area contributed by atoms with Crippen molar-refractivity contribution in [3.63, 3.8) is 0 Å². The van der Waals surface area contributed by atoms with Gasteiger partial charge in [-0.2, -0.15) is 0 Å². The Morgan fingerprint density at radius 3 is 2.38 bits per heavy atom. The standard InChI is InChI=1S/C26H31N3O3/c1-26(25(31)27-14-15-28-16-18-32-19-17-28)13-12-23(20-21-8-4-2-5-9-21)29(26)24(30)22-10-6-3-7-11-22/h2-13,23H,14-20H2,1H3,(H,27,31)/t23?,26-/m1/s1. The first-order chi connectivity index (χ1) is 15.6. The second kappa shape index (κ2) is 10.1. The fraction of sp³-hybridized carbons (Fsp3) is 0.385. The highest BCUT2D eigenvalue weighted by Crippen LogP contribution is 2.31. The molecule has 0 bridgehead atoms. The van der Waals surface area contributed by atoms with Crippen molar-refractivity contribution in [2.24, 2.45) is 0 Å². The molecule has 2 aliphatic rings. The second-order valence-corrected chi connectivity index (χ2v) is 8.51. The molecule has 0 aliphatic carbocycles. The molecule has 0 saturated carbocycles. The van der Waals surface area contributed by atoms with Gasteiger partial charge in [0.25, 0.3) is 5.91 Å². The second-order valence-electron chi connectivity index (χ2n) is 8.51. The number of amides is 2. The first-order valence-electron chi connectivity index (χ1n) is 11.3. The SMILES string of the molecule is C[C@]1(C(=O)NCCN2CCOCC2)C=CC(Cc2ccccc2)N1C(=O)c1ccccc1. The molecule has 2 aromatic rings. The molecule has 1 unspecified atom stereocenters. The lowest BCUT2D eigenvalue weighted by Crippen LogP contribution is -2.59. The Morgan fingerprint density at radius 2 is 1.69 bits per heavy atom. The monoisotopic (exact) mass is 433 g/mol. The number of hydrogen-bond donors (Lipinski definition) is 1. The van der Waals surface area contributed by atoms with Gasteiger partial charge in [-0.1, -0.05) is 60.7 Å². The fourth-order valence-corrected chi connectivity index (χ4v) is 4.42. The zero-order chi connectivity index (χ0) is 22.4. The van der Waals surface area contributed by atoms with Crippen LogP contribution >= 0.6 is 0 Å². The smallest absolute Gasteiger partial charge is 0.255 e. The fourth-order valence-electron chi connectivity index (χ4n) is 4.42. The van der Waals surface area contributed by atoms with Gasteiger partial charge < -0.3 is 15.0 Å². The van der Waals surface area contributed by atoms with Crippen molar-refractivity contribution >= 4 is 11.8 Å². The summed E-state index contributed by atoms with van der Waals surface area (Å²) in [5, 5.41) is 3.07. The van der Waals surface area contributed by atoms with Gasteiger partial charge >= 0.3 is 0 Å². The van der Waals surface area contributed by atoms with Crippen LogP contribution in [0.1, 0.15) is 22.8 Å². The van der Waals surface area contributed by atoms with Gasteiger partial charge in [-0.05, 0) is 31.0 Å². The molecule has 2 atom stereocenters. The van der Waals surface area contributed by atoms with E-state index in [0.29, 0.717) is 18.5 Å². The number of carbonyl (C=O) groups is 2. The molecule has 2 heterocycles. The van der Waals surface area contributed by atoms with Gasteiger partial charge in [0, 0.05) is 31.7 Å². The molecule has 1 N–H and O–H groups in total. The summed E-state index contributed by atoms with van der Waals surface area (Å²) < 4.78 is 5.39. The van der Waals surface area contributed by atoms with Crippen molar-refractivity contribution < 1.29 is 14.3 Å². The predicted molar refractivity (Wildman–Crippen MR) is 124 cm³/mol. The largest absolute Gasteiger partial charge is 0.379 e. The third-order valence-corrected chi connectivity index (χ3v) is 6.28. The topological polar surface area (TPSA) is 61.9 Å². The van der Waals surface area contributed by atoms with E-state index < -0.39 is 5.54 Å². The number of rotatable bonds is 7. The third kappa shape index (κ3) is 4.92. The van der Waals surface area contributed by atoms with Crippen molar-refractivity contribution in [3.8, 4) is 0 Å².